The Morgan fingerprint density at radius 1 is 1.24 bits per heavy atom. The molecule has 3 amide bonds. The van der Waals surface area contributed by atoms with Crippen LogP contribution in [0.2, 0.25) is 0 Å². The Kier molecular flexibility index (Phi) is 6.91. The van der Waals surface area contributed by atoms with Gasteiger partial charge < -0.3 is 36.5 Å². The van der Waals surface area contributed by atoms with Crippen LogP contribution in [0.3, 0.4) is 0 Å². The zero-order chi connectivity index (χ0) is 23.2. The Hall–Kier alpha value is -2.83. The number of phenolic OH excluding ortho intramolecular Hbond substituents is 1. The number of fused-ring (bicyclic) bond motifs is 1. The second kappa shape index (κ2) is 9.20. The molecule has 5 atom stereocenters. The molecule has 3 aliphatic heterocycles. The summed E-state index contributed by atoms with van der Waals surface area (Å²) in [5.41, 5.74) is 0.457. The lowest BCUT2D eigenvalue weighted by molar-refractivity contribution is -0.161. The third kappa shape index (κ3) is 4.50. The van der Waals surface area contributed by atoms with Gasteiger partial charge in [-0.15, -0.1) is 11.8 Å². The first-order valence-electron chi connectivity index (χ1n) is 10.5. The number of thioether (sulfide) groups is 1. The number of nitrogens with zero attached hydrogens (tertiary/aromatic N) is 1. The fraction of sp³-hybridized carbons (Fsp3) is 0.524. The average molecular weight is 481 g/mol. The zero-order valence-electron chi connectivity index (χ0n) is 18.2. The molecule has 0 radical (unpaired) electrons. The predicted octanol–water partition coefficient (Wildman–Crippen LogP) is -0.891. The SMILES string of the molecule is CC1(C)S[C@@H]2C(NC(=O)C(NC(=O)[C@H]3CCCN3)c3ccc(O)cc3)C(=O)N2[C@H]1C(=O)O.O. The standard InChI is InChI=1S/C21H26N4O6S.H2O/c1-21(2)15(20(30)31)25-18(29)14(19(25)32-21)24-17(28)13(10-5-7-11(26)8-6-10)23-16(27)12-4-3-9-22-12;/h5-8,12-15,19,22,26H,3-4,9H2,1-2H3,(H,23,27)(H,24,28)(H,30,31);1H2/t12-,13?,14?,15+,19-;/m1./s1. The molecule has 12 heteroatoms. The molecule has 0 bridgehead atoms. The van der Waals surface area contributed by atoms with Crippen LogP contribution in [0, 0.1) is 0 Å². The van der Waals surface area contributed by atoms with Gasteiger partial charge >= 0.3 is 5.97 Å². The number of β-lactam (4-membered cyclic amide) rings is 1. The topological polar surface area (TPSA) is 180 Å². The van der Waals surface area contributed by atoms with Crippen molar-refractivity contribution in [3.8, 4) is 5.75 Å². The van der Waals surface area contributed by atoms with Gasteiger partial charge in [0.2, 0.25) is 17.7 Å². The van der Waals surface area contributed by atoms with E-state index < -0.39 is 52.1 Å². The van der Waals surface area contributed by atoms with Crippen molar-refractivity contribution in [3.63, 3.8) is 0 Å². The lowest BCUT2D eigenvalue weighted by Crippen LogP contribution is -2.71. The minimum atomic E-state index is -1.08. The third-order valence-electron chi connectivity index (χ3n) is 6.12. The summed E-state index contributed by atoms with van der Waals surface area (Å²) in [4.78, 5) is 51.6. The number of hydrogen-bond donors (Lipinski definition) is 5. The van der Waals surface area contributed by atoms with E-state index in [2.05, 4.69) is 16.0 Å². The van der Waals surface area contributed by atoms with E-state index in [1.165, 1.54) is 40.9 Å². The summed E-state index contributed by atoms with van der Waals surface area (Å²) in [6.07, 6.45) is 1.52. The Balaban J connectivity index is 0.00000306. The number of amides is 3. The quantitative estimate of drug-likeness (QED) is 0.325. The van der Waals surface area contributed by atoms with Crippen LogP contribution in [-0.2, 0) is 19.2 Å². The summed E-state index contributed by atoms with van der Waals surface area (Å²) in [7, 11) is 0. The number of aliphatic carboxylic acids is 1. The first-order chi connectivity index (χ1) is 15.1. The van der Waals surface area contributed by atoms with Crippen molar-refractivity contribution in [2.75, 3.05) is 6.54 Å². The van der Waals surface area contributed by atoms with Gasteiger partial charge in [-0.2, -0.15) is 0 Å². The number of carboxylic acid groups (broad SMARTS) is 1. The summed E-state index contributed by atoms with van der Waals surface area (Å²) in [6.45, 7) is 4.24. The Bertz CT molecular complexity index is 948. The van der Waals surface area contributed by atoms with Crippen molar-refractivity contribution in [1.82, 2.24) is 20.9 Å². The number of hydrogen-bond acceptors (Lipinski definition) is 7. The molecule has 0 aromatic heterocycles. The highest BCUT2D eigenvalue weighted by Crippen LogP contribution is 2.50. The van der Waals surface area contributed by atoms with Gasteiger partial charge in [-0.1, -0.05) is 12.1 Å². The first-order valence-corrected chi connectivity index (χ1v) is 11.3. The van der Waals surface area contributed by atoms with E-state index in [0.29, 0.717) is 12.0 Å². The Morgan fingerprint density at radius 2 is 1.91 bits per heavy atom. The lowest BCUT2D eigenvalue weighted by atomic mass is 9.95. The van der Waals surface area contributed by atoms with Crippen molar-refractivity contribution in [2.24, 2.45) is 0 Å². The maximum Gasteiger partial charge on any atom is 0.327 e. The predicted molar refractivity (Wildman–Crippen MR) is 119 cm³/mol. The van der Waals surface area contributed by atoms with Gasteiger partial charge in [-0.25, -0.2) is 4.79 Å². The van der Waals surface area contributed by atoms with E-state index in [-0.39, 0.29) is 17.1 Å². The van der Waals surface area contributed by atoms with Crippen molar-refractivity contribution in [1.29, 1.82) is 0 Å². The molecule has 11 nitrogen and oxygen atoms in total. The highest BCUT2D eigenvalue weighted by Gasteiger charge is 2.64. The molecule has 1 aromatic carbocycles. The molecule has 2 unspecified atom stereocenters. The maximum absolute atomic E-state index is 13.2. The number of carbonyl (C=O) groups excluding carboxylic acids is 3. The van der Waals surface area contributed by atoms with Gasteiger partial charge in [-0.05, 0) is 50.9 Å². The second-order valence-corrected chi connectivity index (χ2v) is 10.5. The molecule has 0 aliphatic carbocycles. The highest BCUT2D eigenvalue weighted by molar-refractivity contribution is 8.01. The smallest absolute Gasteiger partial charge is 0.327 e. The molecule has 3 heterocycles. The van der Waals surface area contributed by atoms with E-state index in [1.54, 1.807) is 13.8 Å². The largest absolute Gasteiger partial charge is 0.508 e. The number of aromatic hydroxyl groups is 1. The molecular formula is C21H28N4O7S. The number of benzene rings is 1. The van der Waals surface area contributed by atoms with Crippen molar-refractivity contribution in [3.05, 3.63) is 29.8 Å². The van der Waals surface area contributed by atoms with E-state index in [0.717, 1.165) is 13.0 Å². The fourth-order valence-corrected chi connectivity index (χ4v) is 6.13. The van der Waals surface area contributed by atoms with E-state index in [4.69, 9.17) is 0 Å². The van der Waals surface area contributed by atoms with Crippen LogP contribution in [0.1, 0.15) is 38.3 Å². The molecule has 180 valence electrons. The Labute approximate surface area is 194 Å². The van der Waals surface area contributed by atoms with Gasteiger partial charge in [0.15, 0.2) is 0 Å². The van der Waals surface area contributed by atoms with Crippen LogP contribution in [0.5, 0.6) is 5.75 Å². The van der Waals surface area contributed by atoms with Crippen molar-refractivity contribution >= 4 is 35.5 Å². The highest BCUT2D eigenvalue weighted by atomic mass is 32.2. The van der Waals surface area contributed by atoms with E-state index in [9.17, 15) is 29.4 Å². The number of phenols is 1. The maximum atomic E-state index is 13.2. The third-order valence-corrected chi connectivity index (χ3v) is 7.70. The minimum absolute atomic E-state index is 0. The molecule has 33 heavy (non-hydrogen) atoms. The van der Waals surface area contributed by atoms with Crippen molar-refractivity contribution < 1.29 is 34.9 Å². The molecule has 7 N–H and O–H groups in total. The molecule has 3 saturated heterocycles. The van der Waals surface area contributed by atoms with E-state index in [1.807, 2.05) is 0 Å². The van der Waals surface area contributed by atoms with Gasteiger partial charge in [0, 0.05) is 4.75 Å². The lowest BCUT2D eigenvalue weighted by Gasteiger charge is -2.44. The normalized spacial score (nSPS) is 28.2. The zero-order valence-corrected chi connectivity index (χ0v) is 19.0. The second-order valence-electron chi connectivity index (χ2n) is 8.77. The summed E-state index contributed by atoms with van der Waals surface area (Å²) >= 11 is 1.33. The minimum Gasteiger partial charge on any atom is -0.508 e. The van der Waals surface area contributed by atoms with Crippen LogP contribution in [0.4, 0.5) is 0 Å². The van der Waals surface area contributed by atoms with Crippen LogP contribution in [-0.4, -0.2) is 79.1 Å². The van der Waals surface area contributed by atoms with Gasteiger partial charge in [0.1, 0.15) is 29.2 Å². The van der Waals surface area contributed by atoms with Crippen LogP contribution >= 0.6 is 11.8 Å². The number of carboxylic acids is 1. The van der Waals surface area contributed by atoms with E-state index >= 15 is 0 Å². The van der Waals surface area contributed by atoms with Gasteiger partial charge in [0.05, 0.1) is 6.04 Å². The fourth-order valence-electron chi connectivity index (χ4n) is 4.50. The van der Waals surface area contributed by atoms with Crippen molar-refractivity contribution in [2.45, 2.75) is 61.0 Å². The summed E-state index contributed by atoms with van der Waals surface area (Å²) in [5.74, 6) is -2.41. The summed E-state index contributed by atoms with van der Waals surface area (Å²) in [6, 6.07) is 2.58. The van der Waals surface area contributed by atoms with Crippen LogP contribution < -0.4 is 16.0 Å². The molecule has 3 aliphatic rings. The van der Waals surface area contributed by atoms with Crippen LogP contribution in [0.15, 0.2) is 24.3 Å². The number of rotatable bonds is 6. The summed E-state index contributed by atoms with van der Waals surface area (Å²) < 4.78 is -0.704. The first kappa shape index (κ1) is 24.8. The summed E-state index contributed by atoms with van der Waals surface area (Å²) in [5, 5.41) is 27.2. The molecule has 4 rings (SSSR count). The number of carbonyl (C=O) groups is 4. The molecule has 3 fully saturated rings. The number of nitrogens with one attached hydrogen (secondary N) is 3. The van der Waals surface area contributed by atoms with Crippen LogP contribution in [0.25, 0.3) is 0 Å². The average Bonchev–Trinajstić information content (AvgIpc) is 3.35. The Morgan fingerprint density at radius 3 is 2.48 bits per heavy atom. The monoisotopic (exact) mass is 480 g/mol. The van der Waals surface area contributed by atoms with Gasteiger partial charge in [0.25, 0.3) is 0 Å². The molecule has 0 spiro atoms. The molecular weight excluding hydrogens is 452 g/mol. The van der Waals surface area contributed by atoms with Gasteiger partial charge in [-0.3, -0.25) is 14.4 Å². The molecule has 0 saturated carbocycles. The molecule has 1 aromatic rings.